The van der Waals surface area contributed by atoms with Gasteiger partial charge < -0.3 is 10.6 Å². The summed E-state index contributed by atoms with van der Waals surface area (Å²) in [4.78, 5) is 0.0870. The molecule has 0 radical (unpaired) electrons. The number of unbranched alkanes of at least 4 members (excludes halogenated alkanes) is 5. The fourth-order valence-corrected chi connectivity index (χ4v) is 2.75. The van der Waals surface area contributed by atoms with Crippen molar-refractivity contribution in [2.24, 2.45) is 5.14 Å². The molecule has 124 valence electrons. The van der Waals surface area contributed by atoms with Gasteiger partial charge in [-0.1, -0.05) is 39.0 Å². The average Bonchev–Trinajstić information content (AvgIpc) is 2.46. The van der Waals surface area contributed by atoms with E-state index in [1.54, 1.807) is 12.1 Å². The smallest absolute Gasteiger partial charge is 0.238 e. The second kappa shape index (κ2) is 9.76. The predicted octanol–water partition coefficient (Wildman–Crippen LogP) is 2.98. The van der Waals surface area contributed by atoms with E-state index in [-0.39, 0.29) is 4.90 Å². The van der Waals surface area contributed by atoms with Gasteiger partial charge in [-0.3, -0.25) is 0 Å². The average molecular weight is 344 g/mol. The summed E-state index contributed by atoms with van der Waals surface area (Å²) >= 11 is 5.20. The summed E-state index contributed by atoms with van der Waals surface area (Å²) in [6.45, 7) is 3.05. The van der Waals surface area contributed by atoms with Crippen LogP contribution >= 0.6 is 12.2 Å². The summed E-state index contributed by atoms with van der Waals surface area (Å²) in [6, 6.07) is 6.18. The van der Waals surface area contributed by atoms with Crippen molar-refractivity contribution in [1.82, 2.24) is 5.32 Å². The number of rotatable bonds is 9. The molecule has 0 aliphatic carbocycles. The minimum Gasteiger partial charge on any atom is -0.362 e. The molecule has 0 aliphatic rings. The number of thiocarbonyl (C=S) groups is 1. The molecule has 1 rings (SSSR count). The van der Waals surface area contributed by atoms with Gasteiger partial charge in [0.2, 0.25) is 10.0 Å². The number of anilines is 1. The van der Waals surface area contributed by atoms with Crippen LogP contribution in [-0.4, -0.2) is 20.1 Å². The van der Waals surface area contributed by atoms with Gasteiger partial charge in [0.1, 0.15) is 0 Å². The Morgan fingerprint density at radius 1 is 1.09 bits per heavy atom. The van der Waals surface area contributed by atoms with E-state index in [9.17, 15) is 8.42 Å². The van der Waals surface area contributed by atoms with E-state index in [4.69, 9.17) is 17.4 Å². The van der Waals surface area contributed by atoms with Crippen molar-refractivity contribution in [2.45, 2.75) is 50.3 Å². The highest BCUT2D eigenvalue weighted by Gasteiger charge is 2.06. The second-order valence-corrected chi connectivity index (χ2v) is 7.19. The van der Waals surface area contributed by atoms with E-state index in [0.29, 0.717) is 5.11 Å². The van der Waals surface area contributed by atoms with E-state index < -0.39 is 10.0 Å². The van der Waals surface area contributed by atoms with Crippen molar-refractivity contribution in [3.63, 3.8) is 0 Å². The highest BCUT2D eigenvalue weighted by atomic mass is 32.2. The van der Waals surface area contributed by atoms with Gasteiger partial charge >= 0.3 is 0 Å². The number of hydrogen-bond donors (Lipinski definition) is 3. The van der Waals surface area contributed by atoms with E-state index in [1.807, 2.05) is 0 Å². The monoisotopic (exact) mass is 343 g/mol. The zero-order valence-electron chi connectivity index (χ0n) is 13.0. The van der Waals surface area contributed by atoms with Crippen LogP contribution < -0.4 is 15.8 Å². The lowest BCUT2D eigenvalue weighted by Crippen LogP contribution is -2.29. The van der Waals surface area contributed by atoms with Crippen LogP contribution in [0, 0.1) is 0 Å². The first kappa shape index (κ1) is 18.9. The van der Waals surface area contributed by atoms with Crippen molar-refractivity contribution in [2.75, 3.05) is 11.9 Å². The minimum absolute atomic E-state index is 0.0870. The Kier molecular flexibility index (Phi) is 8.37. The lowest BCUT2D eigenvalue weighted by molar-refractivity contribution is 0.598. The van der Waals surface area contributed by atoms with Gasteiger partial charge in [-0.05, 0) is 42.9 Å². The third-order valence-corrected chi connectivity index (χ3v) is 4.43. The molecule has 22 heavy (non-hydrogen) atoms. The molecule has 0 bridgehead atoms. The SMILES string of the molecule is CCCCCCCCNC(=S)Nc1ccc(S(N)(=O)=O)cc1. The highest BCUT2D eigenvalue weighted by molar-refractivity contribution is 7.89. The minimum atomic E-state index is -3.65. The summed E-state index contributed by atoms with van der Waals surface area (Å²) in [7, 11) is -3.65. The number of benzene rings is 1. The predicted molar refractivity (Wildman–Crippen MR) is 95.4 cm³/mol. The summed E-state index contributed by atoms with van der Waals surface area (Å²) in [6.07, 6.45) is 7.44. The Morgan fingerprint density at radius 3 is 2.27 bits per heavy atom. The maximum absolute atomic E-state index is 11.2. The Balaban J connectivity index is 2.25. The molecule has 4 N–H and O–H groups in total. The van der Waals surface area contributed by atoms with E-state index >= 15 is 0 Å². The number of nitrogens with one attached hydrogen (secondary N) is 2. The van der Waals surface area contributed by atoms with Gasteiger partial charge in [0.15, 0.2) is 5.11 Å². The number of primary sulfonamides is 1. The molecule has 0 spiro atoms. The first-order valence-corrected chi connectivity index (χ1v) is 9.56. The molecular formula is C15H25N3O2S2. The van der Waals surface area contributed by atoms with Crippen molar-refractivity contribution in [3.05, 3.63) is 24.3 Å². The quantitative estimate of drug-likeness (QED) is 0.474. The molecule has 1 aromatic carbocycles. The molecule has 0 aromatic heterocycles. The van der Waals surface area contributed by atoms with Crippen LogP contribution in [0.1, 0.15) is 45.4 Å². The molecule has 0 aliphatic heterocycles. The fourth-order valence-electron chi connectivity index (χ4n) is 2.01. The molecule has 1 aromatic rings. The lowest BCUT2D eigenvalue weighted by atomic mass is 10.1. The number of hydrogen-bond acceptors (Lipinski definition) is 3. The second-order valence-electron chi connectivity index (χ2n) is 5.22. The van der Waals surface area contributed by atoms with Crippen LogP contribution in [0.25, 0.3) is 0 Å². The van der Waals surface area contributed by atoms with Crippen LogP contribution in [0.3, 0.4) is 0 Å². The first-order chi connectivity index (χ1) is 10.4. The summed E-state index contributed by atoms with van der Waals surface area (Å²) < 4.78 is 22.3. The van der Waals surface area contributed by atoms with Crippen molar-refractivity contribution >= 4 is 33.0 Å². The molecule has 0 unspecified atom stereocenters. The maximum atomic E-state index is 11.2. The summed E-state index contributed by atoms with van der Waals surface area (Å²) in [5, 5.41) is 11.7. The third kappa shape index (κ3) is 7.72. The van der Waals surface area contributed by atoms with E-state index in [1.165, 1.54) is 44.2 Å². The Hall–Kier alpha value is -1.18. The van der Waals surface area contributed by atoms with Crippen LogP contribution in [0.4, 0.5) is 5.69 Å². The molecular weight excluding hydrogens is 318 g/mol. The topological polar surface area (TPSA) is 84.2 Å². The van der Waals surface area contributed by atoms with Crippen molar-refractivity contribution in [1.29, 1.82) is 0 Å². The van der Waals surface area contributed by atoms with Gasteiger partial charge in [-0.2, -0.15) is 0 Å². The third-order valence-electron chi connectivity index (χ3n) is 3.26. The molecule has 0 atom stereocenters. The number of nitrogens with two attached hydrogens (primary N) is 1. The lowest BCUT2D eigenvalue weighted by Gasteiger charge is -2.10. The van der Waals surface area contributed by atoms with Crippen molar-refractivity contribution in [3.8, 4) is 0 Å². The summed E-state index contributed by atoms with van der Waals surface area (Å²) in [5.74, 6) is 0. The standard InChI is InChI=1S/C15H25N3O2S2/c1-2-3-4-5-6-7-12-17-15(21)18-13-8-10-14(11-9-13)22(16,19)20/h8-11H,2-7,12H2,1H3,(H2,16,19,20)(H2,17,18,21). The zero-order chi connectivity index (χ0) is 16.4. The first-order valence-electron chi connectivity index (χ1n) is 7.61. The molecule has 5 nitrogen and oxygen atoms in total. The Bertz CT molecular complexity index is 557. The van der Waals surface area contributed by atoms with Crippen LogP contribution in [0.2, 0.25) is 0 Å². The maximum Gasteiger partial charge on any atom is 0.238 e. The van der Waals surface area contributed by atoms with Gasteiger partial charge in [0, 0.05) is 12.2 Å². The number of sulfonamides is 1. The molecule has 0 saturated carbocycles. The van der Waals surface area contributed by atoms with E-state index in [0.717, 1.165) is 18.7 Å². The van der Waals surface area contributed by atoms with Gasteiger partial charge in [0.05, 0.1) is 4.90 Å². The Morgan fingerprint density at radius 2 is 1.68 bits per heavy atom. The van der Waals surface area contributed by atoms with Gasteiger partial charge in [0.25, 0.3) is 0 Å². The van der Waals surface area contributed by atoms with E-state index in [2.05, 4.69) is 17.6 Å². The van der Waals surface area contributed by atoms with Crippen LogP contribution in [-0.2, 0) is 10.0 Å². The molecule has 0 saturated heterocycles. The summed E-state index contributed by atoms with van der Waals surface area (Å²) in [5.41, 5.74) is 0.729. The van der Waals surface area contributed by atoms with Crippen LogP contribution in [0.15, 0.2) is 29.2 Å². The normalized spacial score (nSPS) is 11.2. The highest BCUT2D eigenvalue weighted by Crippen LogP contribution is 2.12. The molecule has 7 heteroatoms. The fraction of sp³-hybridized carbons (Fsp3) is 0.533. The van der Waals surface area contributed by atoms with Gasteiger partial charge in [-0.25, -0.2) is 13.6 Å². The molecule has 0 heterocycles. The zero-order valence-corrected chi connectivity index (χ0v) is 14.6. The molecule has 0 amide bonds. The van der Waals surface area contributed by atoms with Crippen molar-refractivity contribution < 1.29 is 8.42 Å². The Labute approximate surface area is 138 Å². The largest absolute Gasteiger partial charge is 0.362 e. The van der Waals surface area contributed by atoms with Gasteiger partial charge in [-0.15, -0.1) is 0 Å². The van der Waals surface area contributed by atoms with Crippen LogP contribution in [0.5, 0.6) is 0 Å². The molecule has 0 fully saturated rings.